The first-order valence-electron chi connectivity index (χ1n) is 7.28. The fourth-order valence-electron chi connectivity index (χ4n) is 1.96. The van der Waals surface area contributed by atoms with E-state index in [-0.39, 0.29) is 12.3 Å². The predicted molar refractivity (Wildman–Crippen MR) is 90.6 cm³/mol. The van der Waals surface area contributed by atoms with Crippen molar-refractivity contribution in [3.05, 3.63) is 78.3 Å². The number of halogens is 1. The average Bonchev–Trinajstić information content (AvgIpc) is 2.60. The highest BCUT2D eigenvalue weighted by Crippen LogP contribution is 2.13. The lowest BCUT2D eigenvalue weighted by Crippen LogP contribution is -2.38. The fraction of sp³-hybridized carbons (Fsp3) is 0.111. The van der Waals surface area contributed by atoms with Crippen LogP contribution in [0.1, 0.15) is 16.8 Å². The average molecular weight is 327 g/mol. The first kappa shape index (κ1) is 17.2. The molecule has 0 atom stereocenters. The van der Waals surface area contributed by atoms with Crippen LogP contribution in [0, 0.1) is 5.82 Å². The van der Waals surface area contributed by atoms with Crippen LogP contribution in [-0.2, 0) is 4.79 Å². The van der Waals surface area contributed by atoms with E-state index in [4.69, 9.17) is 0 Å². The van der Waals surface area contributed by atoms with Crippen LogP contribution in [0.3, 0.4) is 0 Å². The Labute approximate surface area is 139 Å². The maximum Gasteiger partial charge on any atom is 0.269 e. The fourth-order valence-corrected chi connectivity index (χ4v) is 1.96. The molecule has 0 heterocycles. The molecule has 124 valence electrons. The number of nitrogens with one attached hydrogen (secondary N) is 2. The summed E-state index contributed by atoms with van der Waals surface area (Å²) < 4.78 is 12.8. The van der Waals surface area contributed by atoms with Crippen molar-refractivity contribution in [1.29, 1.82) is 0 Å². The van der Waals surface area contributed by atoms with Crippen LogP contribution in [0.5, 0.6) is 0 Å². The minimum Gasteiger partial charge on any atom is -0.315 e. The van der Waals surface area contributed by atoms with Crippen molar-refractivity contribution in [2.75, 3.05) is 11.9 Å². The second-order valence-electron chi connectivity index (χ2n) is 5.15. The zero-order valence-corrected chi connectivity index (χ0v) is 13.3. The van der Waals surface area contributed by atoms with E-state index in [1.54, 1.807) is 7.05 Å². The van der Waals surface area contributed by atoms with Crippen molar-refractivity contribution in [2.45, 2.75) is 6.42 Å². The van der Waals surface area contributed by atoms with Gasteiger partial charge in [-0.05, 0) is 36.4 Å². The predicted octanol–water partition coefficient (Wildman–Crippen LogP) is 2.63. The third-order valence-corrected chi connectivity index (χ3v) is 3.34. The third kappa shape index (κ3) is 4.67. The van der Waals surface area contributed by atoms with Gasteiger partial charge in [0, 0.05) is 24.0 Å². The molecule has 0 aromatic heterocycles. The van der Waals surface area contributed by atoms with E-state index in [0.29, 0.717) is 11.3 Å². The second kappa shape index (κ2) is 7.92. The quantitative estimate of drug-likeness (QED) is 0.802. The van der Waals surface area contributed by atoms with Crippen molar-refractivity contribution >= 4 is 17.5 Å². The monoisotopic (exact) mass is 327 g/mol. The molecule has 0 saturated heterocycles. The molecule has 0 bridgehead atoms. The Balaban J connectivity index is 1.83. The van der Waals surface area contributed by atoms with Crippen LogP contribution in [0.15, 0.2) is 66.9 Å². The van der Waals surface area contributed by atoms with Gasteiger partial charge in [0.25, 0.3) is 5.91 Å². The Kier molecular flexibility index (Phi) is 5.68. The zero-order valence-electron chi connectivity index (χ0n) is 13.3. The van der Waals surface area contributed by atoms with E-state index < -0.39 is 11.7 Å². The van der Waals surface area contributed by atoms with E-state index in [2.05, 4.69) is 17.4 Å². The molecular weight excluding hydrogens is 309 g/mol. The number of anilines is 1. The van der Waals surface area contributed by atoms with Crippen LogP contribution in [0.4, 0.5) is 10.1 Å². The van der Waals surface area contributed by atoms with E-state index >= 15 is 0 Å². The smallest absolute Gasteiger partial charge is 0.269 e. The van der Waals surface area contributed by atoms with Gasteiger partial charge in [-0.15, -0.1) is 0 Å². The zero-order chi connectivity index (χ0) is 17.5. The Morgan fingerprint density at radius 3 is 2.29 bits per heavy atom. The maximum absolute atomic E-state index is 12.8. The lowest BCUT2D eigenvalue weighted by Gasteiger charge is -2.18. The van der Waals surface area contributed by atoms with E-state index in [1.165, 1.54) is 29.2 Å². The summed E-state index contributed by atoms with van der Waals surface area (Å²) in [6.45, 7) is 3.72. The number of para-hydroxylation sites is 1. The van der Waals surface area contributed by atoms with Gasteiger partial charge in [0.1, 0.15) is 5.82 Å². The molecule has 5 nitrogen and oxygen atoms in total. The third-order valence-electron chi connectivity index (χ3n) is 3.34. The highest BCUT2D eigenvalue weighted by Gasteiger charge is 2.12. The van der Waals surface area contributed by atoms with Crippen molar-refractivity contribution in [3.63, 3.8) is 0 Å². The van der Waals surface area contributed by atoms with E-state index in [0.717, 1.165) is 5.69 Å². The summed E-state index contributed by atoms with van der Waals surface area (Å²) in [4.78, 5) is 25.6. The number of hydrogen-bond donors (Lipinski definition) is 2. The second-order valence-corrected chi connectivity index (χ2v) is 5.15. The molecule has 0 radical (unpaired) electrons. The van der Waals surface area contributed by atoms with Crippen molar-refractivity contribution in [1.82, 2.24) is 10.9 Å². The summed E-state index contributed by atoms with van der Waals surface area (Å²) in [5, 5.41) is 0. The lowest BCUT2D eigenvalue weighted by molar-refractivity contribution is -0.117. The van der Waals surface area contributed by atoms with Gasteiger partial charge in [0.05, 0.1) is 6.42 Å². The van der Waals surface area contributed by atoms with Gasteiger partial charge in [0.15, 0.2) is 0 Å². The number of rotatable bonds is 6. The van der Waals surface area contributed by atoms with Gasteiger partial charge in [0.2, 0.25) is 5.91 Å². The largest absolute Gasteiger partial charge is 0.315 e. The standard InChI is InChI=1S/C18H18FN3O2/c1-13(12-17(23)22(2)16-6-4-3-5-7-16)20-21-18(24)14-8-10-15(19)11-9-14/h3-11,20H,1,12H2,2H3,(H,21,24). The Bertz CT molecular complexity index is 730. The first-order chi connectivity index (χ1) is 11.5. The number of carbonyl (C=O) groups is 2. The van der Waals surface area contributed by atoms with E-state index in [9.17, 15) is 14.0 Å². The molecule has 0 saturated carbocycles. The number of nitrogens with zero attached hydrogens (tertiary/aromatic N) is 1. The van der Waals surface area contributed by atoms with Gasteiger partial charge >= 0.3 is 0 Å². The van der Waals surface area contributed by atoms with Crippen LogP contribution < -0.4 is 15.8 Å². The van der Waals surface area contributed by atoms with Gasteiger partial charge in [-0.2, -0.15) is 0 Å². The number of hydrogen-bond acceptors (Lipinski definition) is 3. The molecular formula is C18H18FN3O2. The normalized spacial score (nSPS) is 9.92. The van der Waals surface area contributed by atoms with Crippen molar-refractivity contribution in [2.24, 2.45) is 0 Å². The highest BCUT2D eigenvalue weighted by atomic mass is 19.1. The minimum absolute atomic E-state index is 0.0229. The summed E-state index contributed by atoms with van der Waals surface area (Å²) >= 11 is 0. The summed E-state index contributed by atoms with van der Waals surface area (Å²) in [7, 11) is 1.67. The molecule has 6 heteroatoms. The summed E-state index contributed by atoms with van der Waals surface area (Å²) in [6.07, 6.45) is 0.0229. The van der Waals surface area contributed by atoms with Crippen LogP contribution in [0.2, 0.25) is 0 Å². The Hall–Kier alpha value is -3.15. The first-order valence-corrected chi connectivity index (χ1v) is 7.28. The van der Waals surface area contributed by atoms with Crippen LogP contribution >= 0.6 is 0 Å². The maximum atomic E-state index is 12.8. The van der Waals surface area contributed by atoms with Gasteiger partial charge in [-0.1, -0.05) is 24.8 Å². The number of amides is 2. The molecule has 2 aromatic rings. The van der Waals surface area contributed by atoms with Crippen molar-refractivity contribution in [3.8, 4) is 0 Å². The van der Waals surface area contributed by atoms with Gasteiger partial charge in [-0.3, -0.25) is 15.0 Å². The molecule has 0 aliphatic heterocycles. The van der Waals surface area contributed by atoms with E-state index in [1.807, 2.05) is 30.3 Å². The number of benzene rings is 2. The molecule has 0 fully saturated rings. The summed E-state index contributed by atoms with van der Waals surface area (Å²) in [5.41, 5.74) is 6.43. The highest BCUT2D eigenvalue weighted by molar-refractivity contribution is 5.95. The molecule has 2 aromatic carbocycles. The summed E-state index contributed by atoms with van der Waals surface area (Å²) in [6, 6.07) is 14.3. The SMILES string of the molecule is C=C(CC(=O)N(C)c1ccccc1)NNC(=O)c1ccc(F)cc1. The topological polar surface area (TPSA) is 61.4 Å². The molecule has 24 heavy (non-hydrogen) atoms. The molecule has 0 aliphatic rings. The molecule has 2 N–H and O–H groups in total. The lowest BCUT2D eigenvalue weighted by atomic mass is 10.2. The number of hydrazine groups is 1. The molecule has 0 aliphatic carbocycles. The van der Waals surface area contributed by atoms with Gasteiger partial charge in [-0.25, -0.2) is 4.39 Å². The molecule has 2 amide bonds. The van der Waals surface area contributed by atoms with Gasteiger partial charge < -0.3 is 10.3 Å². The molecule has 0 spiro atoms. The minimum atomic E-state index is -0.444. The summed E-state index contributed by atoms with van der Waals surface area (Å²) in [5.74, 6) is -1.03. The number of carbonyl (C=O) groups excluding carboxylic acids is 2. The van der Waals surface area contributed by atoms with Crippen LogP contribution in [-0.4, -0.2) is 18.9 Å². The Morgan fingerprint density at radius 1 is 1.04 bits per heavy atom. The molecule has 0 unspecified atom stereocenters. The Morgan fingerprint density at radius 2 is 1.67 bits per heavy atom. The van der Waals surface area contributed by atoms with Crippen molar-refractivity contribution < 1.29 is 14.0 Å². The molecule has 2 rings (SSSR count). The van der Waals surface area contributed by atoms with Crippen LogP contribution in [0.25, 0.3) is 0 Å².